The molecule has 3 aliphatic heterocycles. The van der Waals surface area contributed by atoms with Gasteiger partial charge in [0.2, 0.25) is 0 Å². The molecule has 0 unspecified atom stereocenters. The minimum Gasteiger partial charge on any atom is -0.468 e. The van der Waals surface area contributed by atoms with E-state index in [0.29, 0.717) is 0 Å². The molecule has 4 heterocycles. The van der Waals surface area contributed by atoms with E-state index in [1.165, 1.54) is 118 Å². The first kappa shape index (κ1) is 55.4. The molecule has 1 aromatic heterocycles. The zero-order valence-electron chi connectivity index (χ0n) is 54.6. The minimum atomic E-state index is -0.251. The number of hydrogen-bond acceptors (Lipinski definition) is 4. The fraction of sp³-hybridized carbons (Fsp3) is 0.443. The molecule has 4 nitrogen and oxygen atoms in total. The number of anilines is 9. The van der Waals surface area contributed by atoms with Crippen molar-refractivity contribution in [2.75, 3.05) is 14.7 Å². The Bertz CT molecular complexity index is 4100. The molecule has 0 bridgehead atoms. The average Bonchev–Trinajstić information content (AvgIpc) is 1.23. The van der Waals surface area contributed by atoms with E-state index in [2.05, 4.69) is 275 Å². The van der Waals surface area contributed by atoms with E-state index in [-0.39, 0.29) is 55.4 Å². The van der Waals surface area contributed by atoms with Crippen LogP contribution >= 0.6 is 0 Å². The molecule has 0 N–H and O–H groups in total. The molecule has 7 aromatic carbocycles. The number of para-hydroxylation sites is 1. The van der Waals surface area contributed by atoms with Crippen molar-refractivity contribution in [1.29, 1.82) is 0 Å². The van der Waals surface area contributed by atoms with E-state index in [4.69, 9.17) is 4.42 Å². The number of benzene rings is 7. The van der Waals surface area contributed by atoms with Crippen LogP contribution in [0.3, 0.4) is 0 Å². The highest BCUT2D eigenvalue weighted by Gasteiger charge is 2.51. The molecular weight excluding hydrogens is 1020 g/mol. The Morgan fingerprint density at radius 2 is 0.845 bits per heavy atom. The van der Waals surface area contributed by atoms with E-state index in [1.54, 1.807) is 0 Å². The molecule has 432 valence electrons. The van der Waals surface area contributed by atoms with Crippen LogP contribution in [0.25, 0.3) is 11.0 Å². The van der Waals surface area contributed by atoms with Gasteiger partial charge in [-0.05, 0) is 215 Å². The van der Waals surface area contributed by atoms with Crippen molar-refractivity contribution >= 4 is 85.5 Å². The maximum absolute atomic E-state index is 7.89. The Kier molecular flexibility index (Phi) is 11.5. The second-order valence-corrected chi connectivity index (χ2v) is 33.5. The maximum Gasteiger partial charge on any atom is 0.297 e. The summed E-state index contributed by atoms with van der Waals surface area (Å²) in [7, 11) is 0. The van der Waals surface area contributed by atoms with E-state index in [9.17, 15) is 0 Å². The Labute approximate surface area is 504 Å². The second kappa shape index (κ2) is 17.4. The third-order valence-electron chi connectivity index (χ3n) is 22.5. The molecule has 0 radical (unpaired) electrons. The number of nitrogens with zero attached hydrogens (tertiary/aromatic N) is 3. The van der Waals surface area contributed by atoms with Gasteiger partial charge in [-0.15, -0.1) is 0 Å². The van der Waals surface area contributed by atoms with Crippen molar-refractivity contribution in [3.63, 3.8) is 0 Å². The fourth-order valence-electron chi connectivity index (χ4n) is 16.5. The van der Waals surface area contributed by atoms with Crippen LogP contribution in [-0.2, 0) is 48.7 Å². The van der Waals surface area contributed by atoms with Gasteiger partial charge < -0.3 is 19.1 Å². The van der Waals surface area contributed by atoms with Crippen molar-refractivity contribution in [2.45, 2.75) is 226 Å². The van der Waals surface area contributed by atoms with Gasteiger partial charge in [0.15, 0.2) is 0 Å². The third-order valence-corrected chi connectivity index (χ3v) is 22.5. The Hall–Kier alpha value is -6.46. The highest BCUT2D eigenvalue weighted by Crippen LogP contribution is 2.58. The number of fused-ring (bicyclic) bond motifs is 11. The summed E-state index contributed by atoms with van der Waals surface area (Å²) >= 11 is 0. The summed E-state index contributed by atoms with van der Waals surface area (Å²) in [6.45, 7) is 48.4. The first-order chi connectivity index (χ1) is 39.1. The molecular formula is C79H92BN3O. The standard InChI is InChI=1S/C79H92BN3O/c1-71(2,3)47-25-28-49(29-26-47)83-66-42-51(82-62-24-22-21-23-54(62)79(19,20)60-39-48(72(4,5)6)27-32-63(60)82)41-65-68(66)80(70-69(83)52-43-56-59(46-67(52)84-70)78(17,18)38-35-75(56,11)12)61-44-57-58(77(15,16)37-36-76(57,13)14)45-64(61)81(65)50-30-31-53-55(40-50)74(9,10)34-33-73(53,7)8/h21-32,39-46H,33-38H2,1-20H3. The Balaban J connectivity index is 1.16. The third kappa shape index (κ3) is 7.97. The average molecular weight is 1110 g/mol. The molecule has 0 spiro atoms. The van der Waals surface area contributed by atoms with Crippen LogP contribution in [0.5, 0.6) is 0 Å². The molecule has 0 saturated carbocycles. The van der Waals surface area contributed by atoms with Gasteiger partial charge in [0.25, 0.3) is 6.71 Å². The van der Waals surface area contributed by atoms with Crippen LogP contribution < -0.4 is 31.3 Å². The SMILES string of the molecule is CC(C)(C)c1ccc(N2c3cc(N4c5ccccc5C(C)(C)c5cc(C(C)(C)C)ccc54)cc4c3B(c3cc5c(cc3N4c3ccc4c(c3)C(C)(C)CCC4(C)C)C(C)(C)CCC5(C)C)c3oc4cc5c(cc4c32)C(C)(C)CCC5(C)C)cc1. The van der Waals surface area contributed by atoms with Gasteiger partial charge in [-0.2, -0.15) is 0 Å². The normalized spacial score (nSPS) is 20.4. The van der Waals surface area contributed by atoms with Crippen LogP contribution in [0.15, 0.2) is 126 Å². The van der Waals surface area contributed by atoms with Crippen molar-refractivity contribution in [3.05, 3.63) is 177 Å². The summed E-state index contributed by atoms with van der Waals surface area (Å²) in [5, 5.41) is 1.19. The molecule has 0 amide bonds. The molecule has 14 rings (SSSR count). The van der Waals surface area contributed by atoms with Crippen LogP contribution in [0, 0.1) is 0 Å². The molecule has 6 aliphatic rings. The van der Waals surface area contributed by atoms with Crippen molar-refractivity contribution in [3.8, 4) is 0 Å². The monoisotopic (exact) mass is 1110 g/mol. The highest BCUT2D eigenvalue weighted by molar-refractivity contribution is 7.00. The zero-order chi connectivity index (χ0) is 59.8. The molecule has 5 heteroatoms. The predicted octanol–water partition coefficient (Wildman–Crippen LogP) is 20.3. The molecule has 8 aromatic rings. The lowest BCUT2D eigenvalue weighted by Crippen LogP contribution is -2.61. The number of rotatable bonds is 3. The summed E-state index contributed by atoms with van der Waals surface area (Å²) in [5.74, 6) is 0. The van der Waals surface area contributed by atoms with Gasteiger partial charge in [-0.3, -0.25) is 0 Å². The van der Waals surface area contributed by atoms with Gasteiger partial charge in [0, 0.05) is 39.2 Å². The van der Waals surface area contributed by atoms with Gasteiger partial charge >= 0.3 is 0 Å². The van der Waals surface area contributed by atoms with Crippen LogP contribution in [0.4, 0.5) is 51.2 Å². The minimum absolute atomic E-state index is 0.000975. The lowest BCUT2D eigenvalue weighted by atomic mass is 9.35. The topological polar surface area (TPSA) is 22.9 Å². The summed E-state index contributed by atoms with van der Waals surface area (Å²) in [5.41, 5.74) is 29.3. The van der Waals surface area contributed by atoms with Gasteiger partial charge in [-0.1, -0.05) is 193 Å². The molecule has 0 atom stereocenters. The van der Waals surface area contributed by atoms with Crippen LogP contribution in [0.1, 0.15) is 233 Å². The summed E-state index contributed by atoms with van der Waals surface area (Å²) in [6.07, 6.45) is 6.87. The van der Waals surface area contributed by atoms with E-state index >= 15 is 0 Å². The van der Waals surface area contributed by atoms with E-state index < -0.39 is 0 Å². The molecule has 84 heavy (non-hydrogen) atoms. The van der Waals surface area contributed by atoms with E-state index in [1.807, 2.05) is 0 Å². The summed E-state index contributed by atoms with van der Waals surface area (Å²) in [4.78, 5) is 8.01. The largest absolute Gasteiger partial charge is 0.468 e. The van der Waals surface area contributed by atoms with E-state index in [0.717, 1.165) is 54.7 Å². The fourth-order valence-corrected chi connectivity index (χ4v) is 16.5. The first-order valence-corrected chi connectivity index (χ1v) is 32.0. The molecule has 0 fully saturated rings. The molecule has 3 aliphatic carbocycles. The first-order valence-electron chi connectivity index (χ1n) is 32.0. The smallest absolute Gasteiger partial charge is 0.297 e. The van der Waals surface area contributed by atoms with Gasteiger partial charge in [0.1, 0.15) is 5.58 Å². The van der Waals surface area contributed by atoms with Crippen LogP contribution in [-0.4, -0.2) is 6.71 Å². The van der Waals surface area contributed by atoms with Crippen molar-refractivity contribution in [1.82, 2.24) is 0 Å². The number of hydrogen-bond donors (Lipinski definition) is 0. The second-order valence-electron chi connectivity index (χ2n) is 33.5. The quantitative estimate of drug-likeness (QED) is 0.165. The van der Waals surface area contributed by atoms with Gasteiger partial charge in [0.05, 0.1) is 28.4 Å². The summed E-state index contributed by atoms with van der Waals surface area (Å²) < 4.78 is 7.89. The van der Waals surface area contributed by atoms with Gasteiger partial charge in [-0.25, -0.2) is 0 Å². The van der Waals surface area contributed by atoms with Crippen molar-refractivity contribution < 1.29 is 4.42 Å². The van der Waals surface area contributed by atoms with Crippen LogP contribution in [0.2, 0.25) is 0 Å². The lowest BCUT2D eigenvalue weighted by molar-refractivity contribution is 0.332. The number of furan rings is 1. The Morgan fingerprint density at radius 3 is 1.44 bits per heavy atom. The maximum atomic E-state index is 7.89. The zero-order valence-corrected chi connectivity index (χ0v) is 54.6. The summed E-state index contributed by atoms with van der Waals surface area (Å²) in [6, 6.07) is 49.4. The Morgan fingerprint density at radius 1 is 0.369 bits per heavy atom. The molecule has 0 saturated heterocycles. The highest BCUT2D eigenvalue weighted by atomic mass is 16.3. The predicted molar refractivity (Wildman–Crippen MR) is 360 cm³/mol. The van der Waals surface area contributed by atoms with Crippen molar-refractivity contribution in [2.24, 2.45) is 0 Å². The lowest BCUT2D eigenvalue weighted by Gasteiger charge is -2.48.